The van der Waals surface area contributed by atoms with E-state index in [-0.39, 0.29) is 12.1 Å². The van der Waals surface area contributed by atoms with Gasteiger partial charge in [-0.3, -0.25) is 14.7 Å². The maximum Gasteiger partial charge on any atom is 0.413 e. The number of aromatic amines is 2. The summed E-state index contributed by atoms with van der Waals surface area (Å²) in [6, 6.07) is 0. The van der Waals surface area contributed by atoms with Gasteiger partial charge < -0.3 is 10.1 Å². The van der Waals surface area contributed by atoms with Crippen LogP contribution >= 0.6 is 0 Å². The standard InChI is InChI=1S/C9H12N4O4/c14-8-6(5-12-3-1-2-4-12)7(13(16)17)10-9(15)11-8/h1-5H2,(H2,10,11,14,15). The van der Waals surface area contributed by atoms with Crippen LogP contribution in [0.3, 0.4) is 0 Å². The van der Waals surface area contributed by atoms with Gasteiger partial charge in [-0.2, -0.15) is 4.98 Å². The Balaban J connectivity index is 2.40. The van der Waals surface area contributed by atoms with E-state index in [1.807, 2.05) is 9.88 Å². The number of nitrogens with one attached hydrogen (secondary N) is 2. The highest BCUT2D eigenvalue weighted by Crippen LogP contribution is 2.15. The summed E-state index contributed by atoms with van der Waals surface area (Å²) < 4.78 is 0. The highest BCUT2D eigenvalue weighted by atomic mass is 16.6. The third kappa shape index (κ3) is 2.41. The van der Waals surface area contributed by atoms with Crippen LogP contribution in [0.4, 0.5) is 5.82 Å². The number of aromatic nitrogens is 2. The SMILES string of the molecule is O=c1[nH]c([N+](=O)[O-])c(CN2CCCC2)c(=O)[nH]1. The van der Waals surface area contributed by atoms with E-state index in [1.165, 1.54) is 0 Å². The third-order valence-electron chi connectivity index (χ3n) is 2.78. The quantitative estimate of drug-likeness (QED) is 0.549. The molecule has 2 N–H and O–H groups in total. The lowest BCUT2D eigenvalue weighted by atomic mass is 10.3. The molecule has 1 aromatic rings. The Morgan fingerprint density at radius 1 is 1.24 bits per heavy atom. The van der Waals surface area contributed by atoms with Gasteiger partial charge in [-0.15, -0.1) is 0 Å². The minimum absolute atomic E-state index is 0.0106. The predicted octanol–water partition coefficient (Wildman–Crippen LogP) is -0.433. The molecule has 0 bridgehead atoms. The number of H-pyrrole nitrogens is 2. The van der Waals surface area contributed by atoms with Gasteiger partial charge in [-0.25, -0.2) is 4.79 Å². The van der Waals surface area contributed by atoms with Gasteiger partial charge in [0, 0.05) is 6.54 Å². The first-order valence-electron chi connectivity index (χ1n) is 5.30. The van der Waals surface area contributed by atoms with Crippen molar-refractivity contribution in [1.82, 2.24) is 14.9 Å². The van der Waals surface area contributed by atoms with Gasteiger partial charge in [-0.1, -0.05) is 0 Å². The van der Waals surface area contributed by atoms with E-state index in [0.29, 0.717) is 0 Å². The summed E-state index contributed by atoms with van der Waals surface area (Å²) in [7, 11) is 0. The molecule has 0 radical (unpaired) electrons. The molecule has 1 aliphatic rings. The van der Waals surface area contributed by atoms with Crippen molar-refractivity contribution >= 4 is 5.82 Å². The molecule has 8 nitrogen and oxygen atoms in total. The smallest absolute Gasteiger partial charge is 0.358 e. The van der Waals surface area contributed by atoms with Crippen LogP contribution in [-0.2, 0) is 6.54 Å². The molecule has 0 aliphatic carbocycles. The lowest BCUT2D eigenvalue weighted by molar-refractivity contribution is -0.390. The molecule has 0 saturated carbocycles. The fourth-order valence-corrected chi connectivity index (χ4v) is 1.97. The van der Waals surface area contributed by atoms with Crippen LogP contribution in [0.1, 0.15) is 18.4 Å². The van der Waals surface area contributed by atoms with Crippen LogP contribution in [0.2, 0.25) is 0 Å². The highest BCUT2D eigenvalue weighted by Gasteiger charge is 2.22. The fourth-order valence-electron chi connectivity index (χ4n) is 1.97. The minimum atomic E-state index is -0.855. The average molecular weight is 240 g/mol. The third-order valence-corrected chi connectivity index (χ3v) is 2.78. The van der Waals surface area contributed by atoms with E-state index >= 15 is 0 Å². The normalized spacial score (nSPS) is 16.2. The first kappa shape index (κ1) is 11.5. The summed E-state index contributed by atoms with van der Waals surface area (Å²) >= 11 is 0. The number of rotatable bonds is 3. The first-order chi connectivity index (χ1) is 8.08. The highest BCUT2D eigenvalue weighted by molar-refractivity contribution is 5.29. The van der Waals surface area contributed by atoms with Crippen LogP contribution in [0.15, 0.2) is 9.59 Å². The van der Waals surface area contributed by atoms with Crippen molar-refractivity contribution in [2.45, 2.75) is 19.4 Å². The van der Waals surface area contributed by atoms with Crippen LogP contribution in [0.25, 0.3) is 0 Å². The van der Waals surface area contributed by atoms with Crippen molar-refractivity contribution in [2.75, 3.05) is 13.1 Å². The van der Waals surface area contributed by atoms with Gasteiger partial charge in [0.25, 0.3) is 5.56 Å². The van der Waals surface area contributed by atoms with E-state index in [9.17, 15) is 19.7 Å². The van der Waals surface area contributed by atoms with Crippen LogP contribution in [0.5, 0.6) is 0 Å². The molecule has 1 aromatic heterocycles. The number of nitrogens with zero attached hydrogens (tertiary/aromatic N) is 2. The maximum absolute atomic E-state index is 11.5. The largest absolute Gasteiger partial charge is 0.413 e. The van der Waals surface area contributed by atoms with Crippen molar-refractivity contribution in [3.8, 4) is 0 Å². The van der Waals surface area contributed by atoms with Crippen molar-refractivity contribution in [1.29, 1.82) is 0 Å². The number of hydrogen-bond donors (Lipinski definition) is 2. The molecule has 0 spiro atoms. The van der Waals surface area contributed by atoms with E-state index < -0.39 is 22.0 Å². The summed E-state index contributed by atoms with van der Waals surface area (Å²) in [6.45, 7) is 1.83. The molecule has 2 rings (SSSR count). The Morgan fingerprint density at radius 3 is 2.47 bits per heavy atom. The summed E-state index contributed by atoms with van der Waals surface area (Å²) in [6.07, 6.45) is 2.05. The molecule has 1 fully saturated rings. The molecule has 8 heteroatoms. The number of nitro groups is 1. The second-order valence-corrected chi connectivity index (χ2v) is 3.98. The summed E-state index contributed by atoms with van der Waals surface area (Å²) in [5.74, 6) is -0.509. The summed E-state index contributed by atoms with van der Waals surface area (Å²) in [4.78, 5) is 38.6. The molecule has 1 saturated heterocycles. The van der Waals surface area contributed by atoms with Crippen LogP contribution < -0.4 is 11.2 Å². The lowest BCUT2D eigenvalue weighted by Crippen LogP contribution is -2.31. The van der Waals surface area contributed by atoms with E-state index in [4.69, 9.17) is 0 Å². The van der Waals surface area contributed by atoms with E-state index in [0.717, 1.165) is 25.9 Å². The number of hydrogen-bond acceptors (Lipinski definition) is 5. The zero-order valence-electron chi connectivity index (χ0n) is 9.06. The predicted molar refractivity (Wildman–Crippen MR) is 58.8 cm³/mol. The average Bonchev–Trinajstić information content (AvgIpc) is 2.74. The maximum atomic E-state index is 11.5. The Kier molecular flexibility index (Phi) is 3.05. The Hall–Kier alpha value is -1.96. The van der Waals surface area contributed by atoms with Crippen LogP contribution in [0, 0.1) is 10.1 Å². The van der Waals surface area contributed by atoms with Crippen molar-refractivity contribution in [3.63, 3.8) is 0 Å². The Bertz CT molecular complexity index is 541. The van der Waals surface area contributed by atoms with E-state index in [2.05, 4.69) is 4.98 Å². The summed E-state index contributed by atoms with van der Waals surface area (Å²) in [5.41, 5.74) is -1.53. The molecular weight excluding hydrogens is 228 g/mol. The first-order valence-corrected chi connectivity index (χ1v) is 5.30. The van der Waals surface area contributed by atoms with Crippen molar-refractivity contribution in [2.24, 2.45) is 0 Å². The molecule has 0 aromatic carbocycles. The Labute approximate surface area is 95.4 Å². The topological polar surface area (TPSA) is 112 Å². The minimum Gasteiger partial charge on any atom is -0.358 e. The molecule has 2 heterocycles. The zero-order chi connectivity index (χ0) is 12.4. The second-order valence-electron chi connectivity index (χ2n) is 3.98. The molecular formula is C9H12N4O4. The lowest BCUT2D eigenvalue weighted by Gasteiger charge is -2.13. The summed E-state index contributed by atoms with van der Waals surface area (Å²) in [5, 5.41) is 10.8. The van der Waals surface area contributed by atoms with Gasteiger partial charge in [0.05, 0.1) is 0 Å². The number of likely N-dealkylation sites (tertiary alicyclic amines) is 1. The van der Waals surface area contributed by atoms with Gasteiger partial charge >= 0.3 is 11.5 Å². The van der Waals surface area contributed by atoms with Gasteiger partial charge in [0.1, 0.15) is 5.56 Å². The molecule has 1 aliphatic heterocycles. The zero-order valence-corrected chi connectivity index (χ0v) is 9.06. The van der Waals surface area contributed by atoms with Crippen molar-refractivity contribution in [3.05, 3.63) is 36.5 Å². The van der Waals surface area contributed by atoms with Gasteiger partial charge in [-0.05, 0) is 30.9 Å². The van der Waals surface area contributed by atoms with Crippen molar-refractivity contribution < 1.29 is 4.92 Å². The Morgan fingerprint density at radius 2 is 1.88 bits per heavy atom. The molecule has 0 unspecified atom stereocenters. The molecule has 92 valence electrons. The monoisotopic (exact) mass is 240 g/mol. The molecule has 17 heavy (non-hydrogen) atoms. The fraction of sp³-hybridized carbons (Fsp3) is 0.556. The molecule has 0 amide bonds. The van der Waals surface area contributed by atoms with Crippen LogP contribution in [-0.4, -0.2) is 32.9 Å². The van der Waals surface area contributed by atoms with Gasteiger partial charge in [0.15, 0.2) is 0 Å². The van der Waals surface area contributed by atoms with E-state index in [1.54, 1.807) is 0 Å². The molecule has 0 atom stereocenters. The second kappa shape index (κ2) is 4.50. The van der Waals surface area contributed by atoms with Gasteiger partial charge in [0.2, 0.25) is 0 Å².